The van der Waals surface area contributed by atoms with Gasteiger partial charge in [0.15, 0.2) is 8.68 Å². The van der Waals surface area contributed by atoms with E-state index in [1.165, 1.54) is 23.1 Å². The van der Waals surface area contributed by atoms with E-state index in [4.69, 9.17) is 0 Å². The van der Waals surface area contributed by atoms with Crippen LogP contribution in [0.3, 0.4) is 0 Å². The Bertz CT molecular complexity index is 300. The SMILES string of the molecule is CSc1nnc(SC(C)C(C)=O)s1. The molecule has 0 saturated carbocycles. The Hall–Kier alpha value is -0.0700. The van der Waals surface area contributed by atoms with Crippen LogP contribution in [-0.2, 0) is 4.79 Å². The molecule has 1 aromatic heterocycles. The number of hydrogen-bond acceptors (Lipinski definition) is 6. The number of nitrogens with zero attached hydrogens (tertiary/aromatic N) is 2. The van der Waals surface area contributed by atoms with Crippen molar-refractivity contribution in [1.29, 1.82) is 0 Å². The van der Waals surface area contributed by atoms with Crippen LogP contribution >= 0.6 is 34.9 Å². The van der Waals surface area contributed by atoms with Crippen molar-refractivity contribution >= 4 is 40.6 Å². The van der Waals surface area contributed by atoms with Crippen LogP contribution < -0.4 is 0 Å². The minimum Gasteiger partial charge on any atom is -0.299 e. The summed E-state index contributed by atoms with van der Waals surface area (Å²) in [5, 5.41) is 7.89. The largest absolute Gasteiger partial charge is 0.299 e. The molecule has 3 nitrogen and oxygen atoms in total. The maximum atomic E-state index is 11.0. The number of ketones is 1. The summed E-state index contributed by atoms with van der Waals surface area (Å²) in [7, 11) is 0. The lowest BCUT2D eigenvalue weighted by Gasteiger charge is -2.01. The smallest absolute Gasteiger partial charge is 0.175 e. The van der Waals surface area contributed by atoms with E-state index in [0.717, 1.165) is 8.68 Å². The highest BCUT2D eigenvalue weighted by molar-refractivity contribution is 8.03. The standard InChI is InChI=1S/C7H10N2OS3/c1-4(10)5(2)12-7-9-8-6(11-3)13-7/h5H,1-3H3. The van der Waals surface area contributed by atoms with Crippen LogP contribution in [-0.4, -0.2) is 27.5 Å². The predicted molar refractivity (Wildman–Crippen MR) is 57.7 cm³/mol. The molecule has 0 bridgehead atoms. The summed E-state index contributed by atoms with van der Waals surface area (Å²) < 4.78 is 1.81. The van der Waals surface area contributed by atoms with Gasteiger partial charge in [0, 0.05) is 0 Å². The van der Waals surface area contributed by atoms with Crippen LogP contribution in [0.25, 0.3) is 0 Å². The van der Waals surface area contributed by atoms with Gasteiger partial charge in [-0.2, -0.15) is 0 Å². The third-order valence-electron chi connectivity index (χ3n) is 1.41. The summed E-state index contributed by atoms with van der Waals surface area (Å²) in [4.78, 5) is 11.0. The Balaban J connectivity index is 2.58. The second kappa shape index (κ2) is 4.97. The Morgan fingerprint density at radius 1 is 1.46 bits per heavy atom. The van der Waals surface area contributed by atoms with E-state index >= 15 is 0 Å². The van der Waals surface area contributed by atoms with Crippen LogP contribution in [0.4, 0.5) is 0 Å². The number of thioether (sulfide) groups is 2. The minimum absolute atomic E-state index is 0.0253. The van der Waals surface area contributed by atoms with Gasteiger partial charge >= 0.3 is 0 Å². The third kappa shape index (κ3) is 3.28. The second-order valence-corrected chi connectivity index (χ2v) is 6.03. The molecule has 1 heterocycles. The normalized spacial score (nSPS) is 12.8. The molecule has 72 valence electrons. The van der Waals surface area contributed by atoms with Crippen molar-refractivity contribution in [2.75, 3.05) is 6.26 Å². The molecule has 1 aromatic rings. The maximum absolute atomic E-state index is 11.0. The number of aromatic nitrogens is 2. The van der Waals surface area contributed by atoms with Crippen molar-refractivity contribution in [3.8, 4) is 0 Å². The number of carbonyl (C=O) groups is 1. The fourth-order valence-electron chi connectivity index (χ4n) is 0.561. The van der Waals surface area contributed by atoms with Gasteiger partial charge in [-0.15, -0.1) is 10.2 Å². The molecular formula is C7H10N2OS3. The molecule has 0 saturated heterocycles. The van der Waals surface area contributed by atoms with Crippen LogP contribution in [0.5, 0.6) is 0 Å². The van der Waals surface area contributed by atoms with Crippen molar-refractivity contribution in [3.05, 3.63) is 0 Å². The van der Waals surface area contributed by atoms with Crippen LogP contribution in [0.15, 0.2) is 8.68 Å². The van der Waals surface area contributed by atoms with Crippen molar-refractivity contribution < 1.29 is 4.79 Å². The van der Waals surface area contributed by atoms with Gasteiger partial charge in [0.2, 0.25) is 0 Å². The highest BCUT2D eigenvalue weighted by atomic mass is 32.2. The van der Waals surface area contributed by atoms with Crippen LogP contribution in [0.1, 0.15) is 13.8 Å². The summed E-state index contributed by atoms with van der Waals surface area (Å²) >= 11 is 4.57. The average Bonchev–Trinajstić information content (AvgIpc) is 2.52. The Labute approximate surface area is 89.7 Å². The van der Waals surface area contributed by atoms with Crippen molar-refractivity contribution in [2.45, 2.75) is 27.8 Å². The van der Waals surface area contributed by atoms with E-state index in [1.807, 2.05) is 13.2 Å². The molecule has 13 heavy (non-hydrogen) atoms. The molecule has 0 N–H and O–H groups in total. The van der Waals surface area contributed by atoms with E-state index in [9.17, 15) is 4.79 Å². The summed E-state index contributed by atoms with van der Waals surface area (Å²) in [5.74, 6) is 0.172. The molecular weight excluding hydrogens is 224 g/mol. The van der Waals surface area contributed by atoms with E-state index in [-0.39, 0.29) is 11.0 Å². The molecule has 0 fully saturated rings. The lowest BCUT2D eigenvalue weighted by atomic mass is 10.3. The molecule has 0 aliphatic rings. The van der Waals surface area contributed by atoms with E-state index < -0.39 is 0 Å². The molecule has 1 rings (SSSR count). The van der Waals surface area contributed by atoms with Gasteiger partial charge in [-0.1, -0.05) is 34.9 Å². The Morgan fingerprint density at radius 3 is 2.54 bits per heavy atom. The number of Topliss-reactive ketones (excluding diaryl/α,β-unsaturated/α-hetero) is 1. The molecule has 1 unspecified atom stereocenters. The lowest BCUT2D eigenvalue weighted by molar-refractivity contribution is -0.116. The van der Waals surface area contributed by atoms with Crippen molar-refractivity contribution in [1.82, 2.24) is 10.2 Å². The molecule has 0 spiro atoms. The monoisotopic (exact) mass is 234 g/mol. The Kier molecular flexibility index (Phi) is 4.21. The fraction of sp³-hybridized carbons (Fsp3) is 0.571. The first-order chi connectivity index (χ1) is 6.13. The van der Waals surface area contributed by atoms with Gasteiger partial charge in [0.25, 0.3) is 0 Å². The van der Waals surface area contributed by atoms with E-state index in [1.54, 1.807) is 18.7 Å². The number of carbonyl (C=O) groups excluding carboxylic acids is 1. The second-order valence-electron chi connectivity index (χ2n) is 2.41. The molecule has 0 radical (unpaired) electrons. The summed E-state index contributed by atoms with van der Waals surface area (Å²) in [6.07, 6.45) is 1.96. The predicted octanol–water partition coefficient (Wildman–Crippen LogP) is 2.33. The zero-order valence-electron chi connectivity index (χ0n) is 7.60. The third-order valence-corrected chi connectivity index (χ3v) is 4.61. The molecule has 6 heteroatoms. The highest BCUT2D eigenvalue weighted by Crippen LogP contribution is 2.30. The zero-order valence-corrected chi connectivity index (χ0v) is 10.1. The van der Waals surface area contributed by atoms with Gasteiger partial charge in [-0.3, -0.25) is 4.79 Å². The summed E-state index contributed by atoms with van der Waals surface area (Å²) in [5.41, 5.74) is 0. The highest BCUT2D eigenvalue weighted by Gasteiger charge is 2.12. The number of rotatable bonds is 4. The van der Waals surface area contributed by atoms with Gasteiger partial charge in [0.05, 0.1) is 5.25 Å². The van der Waals surface area contributed by atoms with E-state index in [0.29, 0.717) is 0 Å². The first kappa shape index (κ1) is 11.0. The first-order valence-electron chi connectivity index (χ1n) is 3.68. The topological polar surface area (TPSA) is 42.9 Å². The molecule has 0 aliphatic heterocycles. The Morgan fingerprint density at radius 2 is 2.08 bits per heavy atom. The molecule has 0 aliphatic carbocycles. The van der Waals surface area contributed by atoms with Gasteiger partial charge in [-0.05, 0) is 20.1 Å². The van der Waals surface area contributed by atoms with Gasteiger partial charge in [0.1, 0.15) is 5.78 Å². The zero-order chi connectivity index (χ0) is 9.84. The van der Waals surface area contributed by atoms with Crippen LogP contribution in [0, 0.1) is 0 Å². The van der Waals surface area contributed by atoms with E-state index in [2.05, 4.69) is 10.2 Å². The summed E-state index contributed by atoms with van der Waals surface area (Å²) in [6.45, 7) is 3.47. The van der Waals surface area contributed by atoms with Gasteiger partial charge in [-0.25, -0.2) is 0 Å². The fourth-order valence-corrected chi connectivity index (χ4v) is 3.14. The van der Waals surface area contributed by atoms with Crippen LogP contribution in [0.2, 0.25) is 0 Å². The quantitative estimate of drug-likeness (QED) is 0.748. The average molecular weight is 234 g/mol. The molecule has 1 atom stereocenters. The minimum atomic E-state index is -0.0253. The van der Waals surface area contributed by atoms with Crippen molar-refractivity contribution in [2.24, 2.45) is 0 Å². The molecule has 0 aromatic carbocycles. The van der Waals surface area contributed by atoms with Gasteiger partial charge < -0.3 is 0 Å². The molecule has 0 amide bonds. The summed E-state index contributed by atoms with van der Waals surface area (Å²) in [6, 6.07) is 0. The first-order valence-corrected chi connectivity index (χ1v) is 6.60. The van der Waals surface area contributed by atoms with Crippen molar-refractivity contribution in [3.63, 3.8) is 0 Å². The lowest BCUT2D eigenvalue weighted by Crippen LogP contribution is -2.07. The maximum Gasteiger partial charge on any atom is 0.175 e. The number of hydrogen-bond donors (Lipinski definition) is 0.